The molecule has 0 saturated carbocycles. The number of aliphatic hydroxyl groups is 1. The topological polar surface area (TPSA) is 80.5 Å². The second-order valence-electron chi connectivity index (χ2n) is 9.13. The maximum atomic E-state index is 12.2. The molecule has 4 rings (SSSR count). The third kappa shape index (κ3) is 6.69. The Labute approximate surface area is 211 Å². The average molecular weight is 497 g/mol. The third-order valence-corrected chi connectivity index (χ3v) is 6.84. The zero-order valence-corrected chi connectivity index (χ0v) is 20.8. The van der Waals surface area contributed by atoms with Crippen molar-refractivity contribution in [1.29, 1.82) is 0 Å². The monoisotopic (exact) mass is 496 g/mol. The fourth-order valence-corrected chi connectivity index (χ4v) is 4.79. The van der Waals surface area contributed by atoms with E-state index < -0.39 is 12.1 Å². The van der Waals surface area contributed by atoms with Crippen molar-refractivity contribution in [1.82, 2.24) is 19.9 Å². The number of esters is 1. The van der Waals surface area contributed by atoms with Crippen molar-refractivity contribution in [3.05, 3.63) is 82.6 Å². The molecule has 7 nitrogen and oxygen atoms in total. The van der Waals surface area contributed by atoms with Crippen LogP contribution in [0.15, 0.2) is 60.8 Å². The molecule has 1 N–H and O–H groups in total. The molecule has 2 aromatic carbocycles. The number of unbranched alkanes of at least 4 members (excludes halogenated alkanes) is 3. The van der Waals surface area contributed by atoms with E-state index in [4.69, 9.17) is 16.3 Å². The lowest BCUT2D eigenvalue weighted by molar-refractivity contribution is -0.0102. The summed E-state index contributed by atoms with van der Waals surface area (Å²) in [6.45, 7) is 3.73. The molecule has 2 heterocycles. The number of carbonyl (C=O) groups excluding carboxylic acids is 1. The summed E-state index contributed by atoms with van der Waals surface area (Å²) < 4.78 is 7.10. The summed E-state index contributed by atoms with van der Waals surface area (Å²) in [7, 11) is 0. The number of likely N-dealkylation sites (tertiary alicyclic amines) is 1. The molecule has 35 heavy (non-hydrogen) atoms. The number of ether oxygens (including phenoxy) is 1. The Bertz CT molecular complexity index is 1070. The van der Waals surface area contributed by atoms with Gasteiger partial charge in [-0.1, -0.05) is 73.3 Å². The smallest absolute Gasteiger partial charge is 0.338 e. The third-order valence-electron chi connectivity index (χ3n) is 6.58. The number of aliphatic hydroxyl groups excluding tert-OH is 1. The molecule has 0 aliphatic carbocycles. The Morgan fingerprint density at radius 2 is 1.89 bits per heavy atom. The summed E-state index contributed by atoms with van der Waals surface area (Å²) >= 11 is 6.14. The minimum atomic E-state index is -0.578. The number of piperidine rings is 1. The summed E-state index contributed by atoms with van der Waals surface area (Å²) in [4.78, 5) is 14.6. The van der Waals surface area contributed by atoms with Crippen molar-refractivity contribution >= 4 is 17.6 Å². The minimum absolute atomic E-state index is 0.0285. The molecule has 1 fully saturated rings. The summed E-state index contributed by atoms with van der Waals surface area (Å²) in [5.41, 5.74) is 2.22. The van der Waals surface area contributed by atoms with Crippen molar-refractivity contribution in [2.75, 3.05) is 13.1 Å². The number of hydrogen-bond acceptors (Lipinski definition) is 6. The molecule has 0 spiro atoms. The largest absolute Gasteiger partial charge is 0.455 e. The van der Waals surface area contributed by atoms with Gasteiger partial charge in [-0.25, -0.2) is 9.48 Å². The molecule has 1 aliphatic rings. The van der Waals surface area contributed by atoms with Crippen LogP contribution in [0, 0.1) is 0 Å². The average Bonchev–Trinajstić information content (AvgIpc) is 3.35. The maximum absolute atomic E-state index is 12.2. The van der Waals surface area contributed by atoms with E-state index in [1.54, 1.807) is 35.1 Å². The van der Waals surface area contributed by atoms with Gasteiger partial charge in [-0.15, -0.1) is 5.10 Å². The first-order valence-corrected chi connectivity index (χ1v) is 12.7. The second kappa shape index (κ2) is 12.3. The Balaban J connectivity index is 1.44. The molecule has 1 saturated heterocycles. The molecule has 0 bridgehead atoms. The van der Waals surface area contributed by atoms with Gasteiger partial charge >= 0.3 is 5.97 Å². The highest BCUT2D eigenvalue weighted by Gasteiger charge is 2.36. The molecule has 3 atom stereocenters. The van der Waals surface area contributed by atoms with E-state index >= 15 is 0 Å². The van der Waals surface area contributed by atoms with E-state index in [1.165, 1.54) is 24.8 Å². The molecule has 1 aliphatic heterocycles. The van der Waals surface area contributed by atoms with Gasteiger partial charge in [0, 0.05) is 17.6 Å². The summed E-state index contributed by atoms with van der Waals surface area (Å²) in [5.74, 6) is -0.403. The highest BCUT2D eigenvalue weighted by molar-refractivity contribution is 6.30. The molecule has 3 aromatic rings. The van der Waals surface area contributed by atoms with Gasteiger partial charge in [0.15, 0.2) is 0 Å². The van der Waals surface area contributed by atoms with Gasteiger partial charge in [0.2, 0.25) is 0 Å². The maximum Gasteiger partial charge on any atom is 0.338 e. The first-order valence-electron chi connectivity index (χ1n) is 12.4. The van der Waals surface area contributed by atoms with Crippen LogP contribution in [-0.2, 0) is 11.3 Å². The number of β-amino-alcohol motifs (C(OH)–C–C–N with tert-alkyl or cyclic N) is 1. The van der Waals surface area contributed by atoms with Gasteiger partial charge in [0.05, 0.1) is 23.9 Å². The number of rotatable bonds is 10. The molecule has 3 unspecified atom stereocenters. The standard InChI is InChI=1S/C27H33ClN4O3/c1-2-3-4-8-15-31-18-26(33)25(16-24(31)20-11-13-22(28)14-12-20)32-17-23(29-30-32)19-35-27(34)21-9-6-5-7-10-21/h5-7,9-14,17,24-26,33H,2-4,8,15-16,18-19H2,1H3. The first kappa shape index (κ1) is 25.4. The molecule has 8 heteroatoms. The van der Waals surface area contributed by atoms with Crippen LogP contribution in [0.4, 0.5) is 0 Å². The zero-order valence-electron chi connectivity index (χ0n) is 20.1. The summed E-state index contributed by atoms with van der Waals surface area (Å²) in [6, 6.07) is 16.7. The second-order valence-corrected chi connectivity index (χ2v) is 9.56. The van der Waals surface area contributed by atoms with Gasteiger partial charge in [0.25, 0.3) is 0 Å². The number of carbonyl (C=O) groups is 1. The van der Waals surface area contributed by atoms with Crippen molar-refractivity contribution in [3.8, 4) is 0 Å². The Hall–Kier alpha value is -2.74. The number of nitrogens with zero attached hydrogens (tertiary/aromatic N) is 4. The molecule has 1 aromatic heterocycles. The van der Waals surface area contributed by atoms with Crippen molar-refractivity contribution < 1.29 is 14.6 Å². The lowest BCUT2D eigenvalue weighted by Crippen LogP contribution is -2.46. The van der Waals surface area contributed by atoms with E-state index in [1.807, 2.05) is 18.2 Å². The molecule has 0 amide bonds. The van der Waals surface area contributed by atoms with Crippen molar-refractivity contribution in [2.45, 2.75) is 63.8 Å². The van der Waals surface area contributed by atoms with Crippen LogP contribution in [0.25, 0.3) is 0 Å². The van der Waals surface area contributed by atoms with E-state index in [2.05, 4.69) is 34.3 Å². The SMILES string of the molecule is CCCCCCN1CC(O)C(n2cc(COC(=O)c3ccccc3)nn2)CC1c1ccc(Cl)cc1. The Kier molecular flexibility index (Phi) is 8.90. The van der Waals surface area contributed by atoms with Crippen LogP contribution in [0.3, 0.4) is 0 Å². The van der Waals surface area contributed by atoms with Crippen LogP contribution < -0.4 is 0 Å². The van der Waals surface area contributed by atoms with Gasteiger partial charge in [-0.05, 0) is 49.2 Å². The van der Waals surface area contributed by atoms with Gasteiger partial charge in [-0.3, -0.25) is 4.90 Å². The van der Waals surface area contributed by atoms with Crippen LogP contribution >= 0.6 is 11.6 Å². The van der Waals surface area contributed by atoms with E-state index in [0.717, 1.165) is 13.0 Å². The van der Waals surface area contributed by atoms with E-state index in [0.29, 0.717) is 29.2 Å². The Morgan fingerprint density at radius 3 is 2.63 bits per heavy atom. The summed E-state index contributed by atoms with van der Waals surface area (Å²) in [6.07, 6.45) is 6.60. The van der Waals surface area contributed by atoms with Crippen LogP contribution in [0.5, 0.6) is 0 Å². The fraction of sp³-hybridized carbons (Fsp3) is 0.444. The molecular weight excluding hydrogens is 464 g/mol. The lowest BCUT2D eigenvalue weighted by Gasteiger charge is -2.42. The van der Waals surface area contributed by atoms with Crippen molar-refractivity contribution in [3.63, 3.8) is 0 Å². The number of halogens is 1. The van der Waals surface area contributed by atoms with Crippen molar-refractivity contribution in [2.24, 2.45) is 0 Å². The van der Waals surface area contributed by atoms with E-state index in [-0.39, 0.29) is 18.7 Å². The zero-order chi connectivity index (χ0) is 24.6. The molecule has 0 radical (unpaired) electrons. The lowest BCUT2D eigenvalue weighted by atomic mass is 9.89. The molecule has 186 valence electrons. The summed E-state index contributed by atoms with van der Waals surface area (Å²) in [5, 5.41) is 20.2. The molecular formula is C27H33ClN4O3. The van der Waals surface area contributed by atoms with Crippen LogP contribution in [0.1, 0.15) is 72.7 Å². The highest BCUT2D eigenvalue weighted by Crippen LogP contribution is 2.37. The fourth-order valence-electron chi connectivity index (χ4n) is 4.67. The van der Waals surface area contributed by atoms with Gasteiger partial charge in [0.1, 0.15) is 12.3 Å². The van der Waals surface area contributed by atoms with E-state index in [9.17, 15) is 9.90 Å². The quantitative estimate of drug-likeness (QED) is 0.306. The highest BCUT2D eigenvalue weighted by atomic mass is 35.5. The predicted octanol–water partition coefficient (Wildman–Crippen LogP) is 5.22. The van der Waals surface area contributed by atoms with Gasteiger partial charge < -0.3 is 9.84 Å². The minimum Gasteiger partial charge on any atom is -0.455 e. The first-order chi connectivity index (χ1) is 17.0. The number of hydrogen-bond donors (Lipinski definition) is 1. The number of benzene rings is 2. The Morgan fingerprint density at radius 1 is 1.11 bits per heavy atom. The van der Waals surface area contributed by atoms with Crippen LogP contribution in [-0.4, -0.2) is 50.2 Å². The predicted molar refractivity (Wildman–Crippen MR) is 135 cm³/mol. The van der Waals surface area contributed by atoms with Crippen LogP contribution in [0.2, 0.25) is 5.02 Å². The van der Waals surface area contributed by atoms with Gasteiger partial charge in [-0.2, -0.15) is 0 Å². The normalized spacial score (nSPS) is 20.6. The number of aromatic nitrogens is 3.